The van der Waals surface area contributed by atoms with E-state index in [-0.39, 0.29) is 42.5 Å². The Morgan fingerprint density at radius 1 is 1.13 bits per heavy atom. The van der Waals surface area contributed by atoms with E-state index < -0.39 is 11.6 Å². The van der Waals surface area contributed by atoms with Gasteiger partial charge in [0, 0.05) is 23.7 Å². The Hall–Kier alpha value is -3.48. The van der Waals surface area contributed by atoms with E-state index in [0.29, 0.717) is 22.6 Å². The highest BCUT2D eigenvalue weighted by molar-refractivity contribution is 6.00. The van der Waals surface area contributed by atoms with E-state index in [4.69, 9.17) is 14.2 Å². The summed E-state index contributed by atoms with van der Waals surface area (Å²) in [5, 5.41) is 0. The molecule has 0 N–H and O–H groups in total. The molecule has 154 valence electrons. The van der Waals surface area contributed by atoms with Crippen molar-refractivity contribution in [1.29, 1.82) is 0 Å². The normalized spacial score (nSPS) is 12.9. The van der Waals surface area contributed by atoms with E-state index in [2.05, 4.69) is 4.98 Å². The summed E-state index contributed by atoms with van der Waals surface area (Å²) in [6.45, 7) is 2.00. The number of halogens is 2. The topological polar surface area (TPSA) is 57.7 Å². The standard InChI is InChI=1S/C23H19F2NO4/c1-13-22-16(20(27)6-8-29-22)11-18(25)23(13)30-12-14-5-7-26-19(9-14)15-3-4-21(28-2)17(24)10-15/h3-5,7,9-11H,6,8,12H2,1-2H3. The first-order valence-electron chi connectivity index (χ1n) is 9.38. The average Bonchev–Trinajstić information content (AvgIpc) is 2.74. The molecule has 0 amide bonds. The number of ketones is 1. The molecule has 0 aliphatic carbocycles. The lowest BCUT2D eigenvalue weighted by molar-refractivity contribution is 0.0931. The first kappa shape index (κ1) is 19.8. The molecular formula is C23H19F2NO4. The summed E-state index contributed by atoms with van der Waals surface area (Å²) in [6.07, 6.45) is 1.81. The highest BCUT2D eigenvalue weighted by Gasteiger charge is 2.25. The van der Waals surface area contributed by atoms with Crippen LogP contribution in [0.5, 0.6) is 17.2 Å². The number of fused-ring (bicyclic) bond motifs is 1. The molecule has 0 bridgehead atoms. The zero-order chi connectivity index (χ0) is 21.3. The van der Waals surface area contributed by atoms with Crippen molar-refractivity contribution in [2.24, 2.45) is 0 Å². The first-order valence-corrected chi connectivity index (χ1v) is 9.38. The molecule has 0 unspecified atom stereocenters. The van der Waals surface area contributed by atoms with E-state index in [0.717, 1.165) is 11.6 Å². The molecule has 0 saturated carbocycles. The molecule has 0 atom stereocenters. The fourth-order valence-electron chi connectivity index (χ4n) is 3.40. The second kappa shape index (κ2) is 8.10. The van der Waals surface area contributed by atoms with Crippen molar-refractivity contribution in [3.8, 4) is 28.5 Å². The van der Waals surface area contributed by atoms with E-state index in [9.17, 15) is 13.6 Å². The Labute approximate surface area is 172 Å². The Morgan fingerprint density at radius 3 is 2.73 bits per heavy atom. The maximum Gasteiger partial charge on any atom is 0.170 e. The van der Waals surface area contributed by atoms with Crippen LogP contribution in [-0.4, -0.2) is 24.5 Å². The SMILES string of the molecule is COc1ccc(-c2cc(COc3c(F)cc4c(c3C)OCCC4=O)ccn2)cc1F. The molecular weight excluding hydrogens is 392 g/mol. The minimum Gasteiger partial charge on any atom is -0.494 e. The number of benzene rings is 2. The van der Waals surface area contributed by atoms with Crippen molar-refractivity contribution in [2.45, 2.75) is 20.0 Å². The van der Waals surface area contributed by atoms with Gasteiger partial charge in [0.05, 0.1) is 25.0 Å². The number of rotatable bonds is 5. The molecule has 1 aliphatic rings. The predicted octanol–water partition coefficient (Wildman–Crippen LogP) is 4.89. The maximum atomic E-state index is 14.6. The van der Waals surface area contributed by atoms with Gasteiger partial charge in [-0.05, 0) is 48.9 Å². The number of carbonyl (C=O) groups is 1. The summed E-state index contributed by atoms with van der Waals surface area (Å²) in [5.74, 6) is -0.687. The second-order valence-electron chi connectivity index (χ2n) is 6.90. The third-order valence-electron chi connectivity index (χ3n) is 4.94. The number of carbonyl (C=O) groups excluding carboxylic acids is 1. The minimum atomic E-state index is -0.614. The number of nitrogens with zero attached hydrogens (tertiary/aromatic N) is 1. The Balaban J connectivity index is 1.57. The first-order chi connectivity index (χ1) is 14.5. The van der Waals surface area contributed by atoms with E-state index in [1.807, 2.05) is 0 Å². The molecule has 0 spiro atoms. The van der Waals surface area contributed by atoms with Crippen LogP contribution in [0.3, 0.4) is 0 Å². The fourth-order valence-corrected chi connectivity index (χ4v) is 3.40. The van der Waals surface area contributed by atoms with Crippen molar-refractivity contribution in [3.63, 3.8) is 0 Å². The number of pyridine rings is 1. The van der Waals surface area contributed by atoms with Crippen LogP contribution in [0.4, 0.5) is 8.78 Å². The molecule has 0 fully saturated rings. The third kappa shape index (κ3) is 3.70. The number of hydrogen-bond donors (Lipinski definition) is 0. The highest BCUT2D eigenvalue weighted by atomic mass is 19.1. The lowest BCUT2D eigenvalue weighted by atomic mass is 10.0. The van der Waals surface area contributed by atoms with Crippen molar-refractivity contribution in [1.82, 2.24) is 4.98 Å². The summed E-state index contributed by atoms with van der Waals surface area (Å²) in [7, 11) is 1.40. The zero-order valence-corrected chi connectivity index (χ0v) is 16.5. The quantitative estimate of drug-likeness (QED) is 0.599. The lowest BCUT2D eigenvalue weighted by Crippen LogP contribution is -2.17. The van der Waals surface area contributed by atoms with Crippen LogP contribution in [-0.2, 0) is 6.61 Å². The van der Waals surface area contributed by atoms with Crippen LogP contribution in [0.2, 0.25) is 0 Å². The summed E-state index contributed by atoms with van der Waals surface area (Å²) < 4.78 is 44.8. The summed E-state index contributed by atoms with van der Waals surface area (Å²) in [4.78, 5) is 16.3. The van der Waals surface area contributed by atoms with Crippen LogP contribution in [0.1, 0.15) is 27.9 Å². The van der Waals surface area contributed by atoms with Crippen molar-refractivity contribution in [3.05, 3.63) is 70.9 Å². The van der Waals surface area contributed by atoms with Crippen LogP contribution in [0, 0.1) is 18.6 Å². The molecule has 0 radical (unpaired) electrons. The van der Waals surface area contributed by atoms with Crippen LogP contribution in [0.25, 0.3) is 11.3 Å². The van der Waals surface area contributed by atoms with Gasteiger partial charge in [0.15, 0.2) is 28.9 Å². The van der Waals surface area contributed by atoms with Gasteiger partial charge in [0.1, 0.15) is 12.4 Å². The molecule has 2 aromatic carbocycles. The molecule has 5 nitrogen and oxygen atoms in total. The maximum absolute atomic E-state index is 14.6. The van der Waals surface area contributed by atoms with Gasteiger partial charge in [0.25, 0.3) is 0 Å². The monoisotopic (exact) mass is 411 g/mol. The third-order valence-corrected chi connectivity index (χ3v) is 4.94. The summed E-state index contributed by atoms with van der Waals surface area (Å²) in [5.41, 5.74) is 2.55. The van der Waals surface area contributed by atoms with Gasteiger partial charge in [0.2, 0.25) is 0 Å². The van der Waals surface area contributed by atoms with E-state index in [1.54, 1.807) is 31.3 Å². The summed E-state index contributed by atoms with van der Waals surface area (Å²) in [6, 6.07) is 9.21. The lowest BCUT2D eigenvalue weighted by Gasteiger charge is -2.21. The molecule has 1 aromatic heterocycles. The molecule has 0 saturated heterocycles. The molecule has 2 heterocycles. The molecule has 1 aliphatic heterocycles. The van der Waals surface area contributed by atoms with Gasteiger partial charge < -0.3 is 14.2 Å². The molecule has 4 rings (SSSR count). The van der Waals surface area contributed by atoms with Crippen LogP contribution >= 0.6 is 0 Å². The predicted molar refractivity (Wildman–Crippen MR) is 106 cm³/mol. The van der Waals surface area contributed by atoms with Crippen molar-refractivity contribution < 1.29 is 27.8 Å². The summed E-state index contributed by atoms with van der Waals surface area (Å²) >= 11 is 0. The van der Waals surface area contributed by atoms with Gasteiger partial charge in [-0.2, -0.15) is 0 Å². The zero-order valence-electron chi connectivity index (χ0n) is 16.5. The van der Waals surface area contributed by atoms with Crippen molar-refractivity contribution in [2.75, 3.05) is 13.7 Å². The molecule has 3 aromatic rings. The van der Waals surface area contributed by atoms with E-state index in [1.165, 1.54) is 19.2 Å². The Kier molecular flexibility index (Phi) is 5.35. The number of ether oxygens (including phenoxy) is 3. The number of Topliss-reactive ketones (excluding diaryl/α,β-unsaturated/α-hetero) is 1. The average molecular weight is 411 g/mol. The largest absolute Gasteiger partial charge is 0.494 e. The number of hydrogen-bond acceptors (Lipinski definition) is 5. The van der Waals surface area contributed by atoms with Crippen LogP contribution < -0.4 is 14.2 Å². The van der Waals surface area contributed by atoms with Gasteiger partial charge in [-0.25, -0.2) is 8.78 Å². The minimum absolute atomic E-state index is 0.0392. The van der Waals surface area contributed by atoms with Gasteiger partial charge in [-0.1, -0.05) is 0 Å². The van der Waals surface area contributed by atoms with Crippen molar-refractivity contribution >= 4 is 5.78 Å². The van der Waals surface area contributed by atoms with E-state index >= 15 is 0 Å². The highest BCUT2D eigenvalue weighted by Crippen LogP contribution is 2.37. The Bertz CT molecular complexity index is 1130. The molecule has 30 heavy (non-hydrogen) atoms. The Morgan fingerprint density at radius 2 is 1.97 bits per heavy atom. The number of aromatic nitrogens is 1. The number of methoxy groups -OCH3 is 1. The van der Waals surface area contributed by atoms with Gasteiger partial charge in [-0.3, -0.25) is 9.78 Å². The van der Waals surface area contributed by atoms with Crippen LogP contribution in [0.15, 0.2) is 42.6 Å². The fraction of sp³-hybridized carbons (Fsp3) is 0.217. The van der Waals surface area contributed by atoms with Gasteiger partial charge >= 0.3 is 0 Å². The molecule has 7 heteroatoms. The second-order valence-corrected chi connectivity index (χ2v) is 6.90. The van der Waals surface area contributed by atoms with Gasteiger partial charge in [-0.15, -0.1) is 0 Å². The smallest absolute Gasteiger partial charge is 0.170 e.